The summed E-state index contributed by atoms with van der Waals surface area (Å²) < 4.78 is 0. The van der Waals surface area contributed by atoms with Crippen LogP contribution in [0.15, 0.2) is 0 Å². The Morgan fingerprint density at radius 3 is 2.83 bits per heavy atom. The van der Waals surface area contributed by atoms with Gasteiger partial charge in [0.1, 0.15) is 6.04 Å². The summed E-state index contributed by atoms with van der Waals surface area (Å²) in [5, 5.41) is 12.6. The van der Waals surface area contributed by atoms with E-state index in [4.69, 9.17) is 0 Å². The van der Waals surface area contributed by atoms with Gasteiger partial charge in [0.15, 0.2) is 0 Å². The molecule has 2 heterocycles. The molecular weight excluding hydrogens is 224 g/mol. The second-order valence-electron chi connectivity index (χ2n) is 6.10. The Bertz CT molecular complexity index is 309. The molecule has 2 aliphatic rings. The smallest absolute Gasteiger partial charge is 0.108 e. The van der Waals surface area contributed by atoms with Crippen LogP contribution in [-0.2, 0) is 0 Å². The first-order chi connectivity index (χ1) is 8.60. The lowest BCUT2D eigenvalue weighted by molar-refractivity contribution is 0.0558. The molecule has 0 bridgehead atoms. The molecule has 2 aliphatic heterocycles. The average Bonchev–Trinajstić information content (AvgIpc) is 2.74. The Balaban J connectivity index is 1.89. The number of piperazine rings is 1. The molecule has 3 unspecified atom stereocenters. The maximum atomic E-state index is 9.23. The topological polar surface area (TPSA) is 42.3 Å². The number of rotatable bonds is 4. The monoisotopic (exact) mass is 250 g/mol. The van der Waals surface area contributed by atoms with Gasteiger partial charge < -0.3 is 0 Å². The molecule has 2 saturated heterocycles. The van der Waals surface area contributed by atoms with Crippen LogP contribution in [0.4, 0.5) is 0 Å². The number of hydrogen-bond donors (Lipinski definition) is 1. The second kappa shape index (κ2) is 6.01. The molecule has 0 amide bonds. The first kappa shape index (κ1) is 13.8. The van der Waals surface area contributed by atoms with Gasteiger partial charge in [-0.25, -0.2) is 0 Å². The van der Waals surface area contributed by atoms with E-state index in [1.165, 1.54) is 25.9 Å². The number of nitriles is 1. The van der Waals surface area contributed by atoms with Gasteiger partial charge in [-0.3, -0.25) is 15.1 Å². The highest BCUT2D eigenvalue weighted by Crippen LogP contribution is 2.24. The van der Waals surface area contributed by atoms with E-state index in [1.54, 1.807) is 0 Å². The summed E-state index contributed by atoms with van der Waals surface area (Å²) in [7, 11) is 0. The molecule has 102 valence electrons. The molecule has 0 aromatic carbocycles. The van der Waals surface area contributed by atoms with Crippen molar-refractivity contribution in [1.82, 2.24) is 15.1 Å². The summed E-state index contributed by atoms with van der Waals surface area (Å²) in [6.07, 6.45) is 2.68. The quantitative estimate of drug-likeness (QED) is 0.810. The molecule has 0 aliphatic carbocycles. The summed E-state index contributed by atoms with van der Waals surface area (Å²) in [4.78, 5) is 5.12. The van der Waals surface area contributed by atoms with Crippen LogP contribution in [0, 0.1) is 11.3 Å². The van der Waals surface area contributed by atoms with Crippen molar-refractivity contribution in [2.75, 3.05) is 26.2 Å². The lowest BCUT2D eigenvalue weighted by atomic mass is 10.1. The van der Waals surface area contributed by atoms with Crippen LogP contribution in [-0.4, -0.2) is 60.1 Å². The third-order valence-electron chi connectivity index (χ3n) is 4.17. The molecule has 2 fully saturated rings. The first-order valence-electron chi connectivity index (χ1n) is 7.24. The minimum atomic E-state index is -0.0413. The Kier molecular flexibility index (Phi) is 4.60. The Labute approximate surface area is 111 Å². The van der Waals surface area contributed by atoms with Crippen molar-refractivity contribution in [3.8, 4) is 6.07 Å². The summed E-state index contributed by atoms with van der Waals surface area (Å²) in [5.74, 6) is 0. The lowest BCUT2D eigenvalue weighted by Gasteiger charge is -2.43. The molecule has 0 saturated carbocycles. The molecule has 1 N–H and O–H groups in total. The molecule has 18 heavy (non-hydrogen) atoms. The van der Waals surface area contributed by atoms with E-state index in [-0.39, 0.29) is 6.04 Å². The largest absolute Gasteiger partial charge is 0.299 e. The van der Waals surface area contributed by atoms with Crippen LogP contribution in [0.25, 0.3) is 0 Å². The van der Waals surface area contributed by atoms with Gasteiger partial charge in [0.2, 0.25) is 0 Å². The van der Waals surface area contributed by atoms with Gasteiger partial charge in [-0.1, -0.05) is 0 Å². The third-order valence-corrected chi connectivity index (χ3v) is 4.17. The van der Waals surface area contributed by atoms with Gasteiger partial charge in [0.05, 0.1) is 6.07 Å². The van der Waals surface area contributed by atoms with Crippen LogP contribution in [0.5, 0.6) is 0 Å². The normalized spacial score (nSPS) is 31.3. The van der Waals surface area contributed by atoms with E-state index in [2.05, 4.69) is 42.0 Å². The van der Waals surface area contributed by atoms with Crippen molar-refractivity contribution in [3.63, 3.8) is 0 Å². The van der Waals surface area contributed by atoms with E-state index >= 15 is 0 Å². The number of nitrogens with one attached hydrogen (secondary N) is 1. The highest BCUT2D eigenvalue weighted by atomic mass is 15.3. The third kappa shape index (κ3) is 3.23. The van der Waals surface area contributed by atoms with Crippen LogP contribution in [0.2, 0.25) is 0 Å². The van der Waals surface area contributed by atoms with Crippen molar-refractivity contribution in [3.05, 3.63) is 0 Å². The van der Waals surface area contributed by atoms with E-state index in [1.807, 2.05) is 0 Å². The summed E-state index contributed by atoms with van der Waals surface area (Å²) in [6.45, 7) is 10.9. The van der Waals surface area contributed by atoms with Gasteiger partial charge in [-0.15, -0.1) is 0 Å². The average molecular weight is 250 g/mol. The fourth-order valence-electron chi connectivity index (χ4n) is 3.27. The van der Waals surface area contributed by atoms with Crippen LogP contribution in [0.1, 0.15) is 33.6 Å². The Morgan fingerprint density at radius 1 is 1.39 bits per heavy atom. The summed E-state index contributed by atoms with van der Waals surface area (Å²) in [5.41, 5.74) is 0. The fraction of sp³-hybridized carbons (Fsp3) is 0.929. The molecule has 2 rings (SSSR count). The van der Waals surface area contributed by atoms with E-state index in [0.29, 0.717) is 12.1 Å². The fourth-order valence-corrected chi connectivity index (χ4v) is 3.27. The zero-order chi connectivity index (χ0) is 13.1. The Morgan fingerprint density at radius 2 is 2.17 bits per heavy atom. The van der Waals surface area contributed by atoms with Gasteiger partial charge in [0.25, 0.3) is 0 Å². The van der Waals surface area contributed by atoms with Crippen molar-refractivity contribution in [2.24, 2.45) is 0 Å². The van der Waals surface area contributed by atoms with E-state index < -0.39 is 0 Å². The predicted molar refractivity (Wildman–Crippen MR) is 73.3 cm³/mol. The molecule has 4 heteroatoms. The van der Waals surface area contributed by atoms with Crippen molar-refractivity contribution in [2.45, 2.75) is 57.8 Å². The lowest BCUT2D eigenvalue weighted by Crippen LogP contribution is -2.57. The van der Waals surface area contributed by atoms with Crippen LogP contribution < -0.4 is 5.32 Å². The molecule has 3 atom stereocenters. The molecule has 0 aromatic rings. The number of nitrogens with zero attached hydrogens (tertiary/aromatic N) is 3. The van der Waals surface area contributed by atoms with Crippen molar-refractivity contribution >= 4 is 0 Å². The van der Waals surface area contributed by atoms with Gasteiger partial charge in [0, 0.05) is 37.8 Å². The minimum Gasteiger partial charge on any atom is -0.299 e. The predicted octanol–water partition coefficient (Wildman–Crippen LogP) is 1.05. The molecule has 0 spiro atoms. The zero-order valence-corrected chi connectivity index (χ0v) is 11.9. The molecule has 4 nitrogen and oxygen atoms in total. The van der Waals surface area contributed by atoms with Crippen molar-refractivity contribution < 1.29 is 0 Å². The van der Waals surface area contributed by atoms with Crippen molar-refractivity contribution in [1.29, 1.82) is 5.26 Å². The number of fused-ring (bicyclic) bond motifs is 1. The van der Waals surface area contributed by atoms with E-state index in [0.717, 1.165) is 19.1 Å². The highest BCUT2D eigenvalue weighted by molar-refractivity contribution is 4.97. The van der Waals surface area contributed by atoms with Gasteiger partial charge >= 0.3 is 0 Å². The zero-order valence-electron chi connectivity index (χ0n) is 11.9. The number of hydrogen-bond acceptors (Lipinski definition) is 4. The highest BCUT2D eigenvalue weighted by Gasteiger charge is 2.34. The summed E-state index contributed by atoms with van der Waals surface area (Å²) >= 11 is 0. The van der Waals surface area contributed by atoms with Gasteiger partial charge in [-0.05, 0) is 40.2 Å². The summed E-state index contributed by atoms with van der Waals surface area (Å²) in [6, 6.07) is 4.04. The van der Waals surface area contributed by atoms with Crippen LogP contribution >= 0.6 is 0 Å². The Hall–Kier alpha value is -0.630. The first-order valence-corrected chi connectivity index (χ1v) is 7.24. The second-order valence-corrected chi connectivity index (χ2v) is 6.10. The molecular formula is C14H26N4. The van der Waals surface area contributed by atoms with Crippen LogP contribution in [0.3, 0.4) is 0 Å². The van der Waals surface area contributed by atoms with E-state index in [9.17, 15) is 5.26 Å². The minimum absolute atomic E-state index is 0.0413. The maximum absolute atomic E-state index is 9.23. The van der Waals surface area contributed by atoms with Gasteiger partial charge in [-0.2, -0.15) is 5.26 Å². The molecule has 0 aromatic heterocycles. The molecule has 0 radical (unpaired) electrons. The maximum Gasteiger partial charge on any atom is 0.108 e. The SMILES string of the molecule is CC(C)NC(C#N)CN1CC2CCCN2CC1C. The standard InChI is InChI=1S/C14H26N4/c1-11(2)16-13(7-15)9-18-10-14-5-4-6-17(14)8-12(18)3/h11-14,16H,4-6,8-10H2,1-3H3.